The molecule has 5 N–H and O–H groups in total. The number of primary amides is 1. The molecular weight excluding hydrogens is 230 g/mol. The molecule has 0 fully saturated rings. The largest absolute Gasteiger partial charge is 0.397 e. The van der Waals surface area contributed by atoms with Crippen LogP contribution in [0.3, 0.4) is 0 Å². The van der Waals surface area contributed by atoms with Crippen molar-refractivity contribution in [3.8, 4) is 0 Å². The van der Waals surface area contributed by atoms with Crippen LogP contribution >= 0.6 is 0 Å². The maximum absolute atomic E-state index is 11.2. The average molecular weight is 243 g/mol. The molecule has 2 aromatic rings. The van der Waals surface area contributed by atoms with Crippen LogP contribution in [0.4, 0.5) is 17.2 Å². The van der Waals surface area contributed by atoms with E-state index in [1.54, 1.807) is 12.4 Å². The predicted molar refractivity (Wildman–Crippen MR) is 69.4 cm³/mol. The molecule has 6 nitrogen and oxygen atoms in total. The molecule has 0 aromatic carbocycles. The van der Waals surface area contributed by atoms with Gasteiger partial charge in [0.05, 0.1) is 29.3 Å². The lowest BCUT2D eigenvalue weighted by molar-refractivity contribution is 0.100. The van der Waals surface area contributed by atoms with Crippen LogP contribution in [0.25, 0.3) is 0 Å². The van der Waals surface area contributed by atoms with Crippen LogP contribution in [-0.4, -0.2) is 15.9 Å². The van der Waals surface area contributed by atoms with Crippen LogP contribution in [0.1, 0.15) is 15.9 Å². The van der Waals surface area contributed by atoms with Gasteiger partial charge >= 0.3 is 0 Å². The first kappa shape index (κ1) is 11.8. The number of carbonyl (C=O) groups is 1. The van der Waals surface area contributed by atoms with Gasteiger partial charge in [0.15, 0.2) is 0 Å². The lowest BCUT2D eigenvalue weighted by atomic mass is 10.2. The summed E-state index contributed by atoms with van der Waals surface area (Å²) in [5.41, 5.74) is 13.2. The molecule has 1 amide bonds. The van der Waals surface area contributed by atoms with Gasteiger partial charge in [-0.1, -0.05) is 0 Å². The second-order valence-electron chi connectivity index (χ2n) is 3.84. The lowest BCUT2D eigenvalue weighted by Crippen LogP contribution is -2.14. The number of nitrogen functional groups attached to an aromatic ring is 1. The number of pyridine rings is 2. The van der Waals surface area contributed by atoms with Crippen molar-refractivity contribution in [3.63, 3.8) is 0 Å². The molecule has 2 aromatic heterocycles. The summed E-state index contributed by atoms with van der Waals surface area (Å²) in [6, 6.07) is 3.39. The van der Waals surface area contributed by atoms with Gasteiger partial charge in [-0.2, -0.15) is 0 Å². The van der Waals surface area contributed by atoms with Crippen LogP contribution in [0, 0.1) is 6.92 Å². The molecule has 6 heteroatoms. The fourth-order valence-electron chi connectivity index (χ4n) is 1.48. The number of nitrogens with two attached hydrogens (primary N) is 2. The molecular formula is C12H13N5O. The molecule has 0 unspecified atom stereocenters. The Labute approximate surface area is 104 Å². The van der Waals surface area contributed by atoms with E-state index >= 15 is 0 Å². The van der Waals surface area contributed by atoms with Crippen LogP contribution < -0.4 is 16.8 Å². The predicted octanol–water partition coefficient (Wildman–Crippen LogP) is 1.21. The van der Waals surface area contributed by atoms with Gasteiger partial charge in [-0.3, -0.25) is 9.78 Å². The number of rotatable bonds is 3. The second kappa shape index (κ2) is 4.70. The number of carbonyl (C=O) groups excluding carboxylic acids is 1. The van der Waals surface area contributed by atoms with E-state index in [0.29, 0.717) is 5.82 Å². The smallest absolute Gasteiger partial charge is 0.250 e. The monoisotopic (exact) mass is 243 g/mol. The van der Waals surface area contributed by atoms with Gasteiger partial charge < -0.3 is 16.8 Å². The van der Waals surface area contributed by atoms with Gasteiger partial charge in [0.1, 0.15) is 5.82 Å². The highest BCUT2D eigenvalue weighted by molar-refractivity contribution is 5.98. The van der Waals surface area contributed by atoms with Crippen molar-refractivity contribution in [2.45, 2.75) is 6.92 Å². The quantitative estimate of drug-likeness (QED) is 0.751. The van der Waals surface area contributed by atoms with Crippen LogP contribution in [0.15, 0.2) is 30.7 Å². The second-order valence-corrected chi connectivity index (χ2v) is 3.84. The number of hydrogen-bond acceptors (Lipinski definition) is 5. The van der Waals surface area contributed by atoms with E-state index in [0.717, 1.165) is 11.3 Å². The van der Waals surface area contributed by atoms with Gasteiger partial charge in [-0.25, -0.2) is 4.98 Å². The molecule has 0 saturated carbocycles. The summed E-state index contributed by atoms with van der Waals surface area (Å²) in [5.74, 6) is -0.0880. The normalized spacial score (nSPS) is 10.1. The van der Waals surface area contributed by atoms with Crippen molar-refractivity contribution < 1.29 is 4.79 Å². The Bertz CT molecular complexity index is 597. The molecule has 0 aliphatic heterocycles. The zero-order chi connectivity index (χ0) is 13.1. The fraction of sp³-hybridized carbons (Fsp3) is 0.0833. The molecule has 0 spiro atoms. The number of amides is 1. The number of aromatic nitrogens is 2. The Hall–Kier alpha value is -2.63. The summed E-state index contributed by atoms with van der Waals surface area (Å²) in [6.45, 7) is 1.94. The van der Waals surface area contributed by atoms with Crippen molar-refractivity contribution in [3.05, 3.63) is 41.9 Å². The summed E-state index contributed by atoms with van der Waals surface area (Å²) in [7, 11) is 0. The SMILES string of the molecule is Cc1ccncc1Nc1cc(C(N)=O)c(N)cn1. The van der Waals surface area contributed by atoms with Crippen molar-refractivity contribution in [1.29, 1.82) is 0 Å². The summed E-state index contributed by atoms with van der Waals surface area (Å²) in [5, 5.41) is 3.06. The zero-order valence-electron chi connectivity index (χ0n) is 9.84. The Morgan fingerprint density at radius 3 is 2.83 bits per heavy atom. The molecule has 0 saturated heterocycles. The van der Waals surface area contributed by atoms with Crippen molar-refractivity contribution >= 4 is 23.1 Å². The molecule has 0 radical (unpaired) electrons. The Kier molecular flexibility index (Phi) is 3.09. The lowest BCUT2D eigenvalue weighted by Gasteiger charge is -2.09. The molecule has 2 heterocycles. The van der Waals surface area contributed by atoms with Gasteiger partial charge in [-0.15, -0.1) is 0 Å². The van der Waals surface area contributed by atoms with Crippen LogP contribution in [-0.2, 0) is 0 Å². The summed E-state index contributed by atoms with van der Waals surface area (Å²) < 4.78 is 0. The molecule has 0 bridgehead atoms. The first-order valence-electron chi connectivity index (χ1n) is 5.31. The average Bonchev–Trinajstić information content (AvgIpc) is 2.34. The van der Waals surface area contributed by atoms with E-state index in [-0.39, 0.29) is 11.3 Å². The van der Waals surface area contributed by atoms with E-state index in [4.69, 9.17) is 11.5 Å². The molecule has 0 atom stereocenters. The third-order valence-corrected chi connectivity index (χ3v) is 2.50. The van der Waals surface area contributed by atoms with Gasteiger partial charge in [0.25, 0.3) is 5.91 Å². The highest BCUT2D eigenvalue weighted by Gasteiger charge is 2.08. The Balaban J connectivity index is 2.33. The van der Waals surface area contributed by atoms with E-state index in [1.165, 1.54) is 12.3 Å². The minimum Gasteiger partial charge on any atom is -0.397 e. The minimum atomic E-state index is -0.583. The van der Waals surface area contributed by atoms with Gasteiger partial charge in [-0.05, 0) is 24.6 Å². The first-order chi connectivity index (χ1) is 8.58. The molecule has 18 heavy (non-hydrogen) atoms. The highest BCUT2D eigenvalue weighted by Crippen LogP contribution is 2.20. The molecule has 92 valence electrons. The Morgan fingerprint density at radius 1 is 1.39 bits per heavy atom. The molecule has 0 aliphatic rings. The third kappa shape index (κ3) is 2.37. The molecule has 2 rings (SSSR count). The standard InChI is InChI=1S/C12H13N5O/c1-7-2-3-15-6-10(7)17-11-4-8(12(14)18)9(13)5-16-11/h2-6H,13H2,1H3,(H2,14,18)(H,16,17). The third-order valence-electron chi connectivity index (χ3n) is 2.50. The number of anilines is 3. The fourth-order valence-corrected chi connectivity index (χ4v) is 1.48. The maximum Gasteiger partial charge on any atom is 0.250 e. The van der Waals surface area contributed by atoms with Gasteiger partial charge in [0.2, 0.25) is 0 Å². The minimum absolute atomic E-state index is 0.244. The van der Waals surface area contributed by atoms with Crippen molar-refractivity contribution in [2.24, 2.45) is 5.73 Å². The van der Waals surface area contributed by atoms with E-state index in [1.807, 2.05) is 13.0 Å². The summed E-state index contributed by atoms with van der Waals surface area (Å²) in [6.07, 6.45) is 4.78. The maximum atomic E-state index is 11.2. The van der Waals surface area contributed by atoms with Crippen molar-refractivity contribution in [2.75, 3.05) is 11.1 Å². The van der Waals surface area contributed by atoms with Gasteiger partial charge in [0, 0.05) is 6.20 Å². The van der Waals surface area contributed by atoms with Crippen LogP contribution in [0.5, 0.6) is 0 Å². The topological polar surface area (TPSA) is 107 Å². The first-order valence-corrected chi connectivity index (χ1v) is 5.31. The van der Waals surface area contributed by atoms with Crippen LogP contribution in [0.2, 0.25) is 0 Å². The summed E-state index contributed by atoms with van der Waals surface area (Å²) in [4.78, 5) is 19.3. The number of aryl methyl sites for hydroxylation is 1. The van der Waals surface area contributed by atoms with Crippen molar-refractivity contribution in [1.82, 2.24) is 9.97 Å². The summed E-state index contributed by atoms with van der Waals surface area (Å²) >= 11 is 0. The Morgan fingerprint density at radius 2 is 2.17 bits per heavy atom. The highest BCUT2D eigenvalue weighted by atomic mass is 16.1. The van der Waals surface area contributed by atoms with E-state index in [2.05, 4.69) is 15.3 Å². The number of hydrogen-bond donors (Lipinski definition) is 3. The van der Waals surface area contributed by atoms with E-state index < -0.39 is 5.91 Å². The van der Waals surface area contributed by atoms with E-state index in [9.17, 15) is 4.79 Å². The number of nitrogens with one attached hydrogen (secondary N) is 1. The molecule has 0 aliphatic carbocycles. The number of nitrogens with zero attached hydrogens (tertiary/aromatic N) is 2. The zero-order valence-corrected chi connectivity index (χ0v) is 9.84.